The van der Waals surface area contributed by atoms with Crippen molar-refractivity contribution in [1.82, 2.24) is 14.5 Å². The third kappa shape index (κ3) is 1.62. The number of hydrogen-bond acceptors (Lipinski definition) is 3. The molecular formula is C13H9N3O2. The predicted octanol–water partition coefficient (Wildman–Crippen LogP) is 2.12. The first kappa shape index (κ1) is 10.5. The summed E-state index contributed by atoms with van der Waals surface area (Å²) in [6.45, 7) is 0. The molecular weight excluding hydrogens is 230 g/mol. The fraction of sp³-hybridized carbons (Fsp3) is 0. The first-order valence-electron chi connectivity index (χ1n) is 5.36. The topological polar surface area (TPSA) is 68.0 Å². The van der Waals surface area contributed by atoms with E-state index in [1.807, 2.05) is 16.8 Å². The van der Waals surface area contributed by atoms with Gasteiger partial charge in [-0.25, -0.2) is 9.78 Å². The van der Waals surface area contributed by atoms with Crippen molar-refractivity contribution in [2.24, 2.45) is 0 Å². The lowest BCUT2D eigenvalue weighted by Crippen LogP contribution is -1.97. The van der Waals surface area contributed by atoms with Crippen LogP contribution in [0.2, 0.25) is 0 Å². The number of nitrogens with zero attached hydrogens (tertiary/aromatic N) is 3. The lowest BCUT2D eigenvalue weighted by molar-refractivity contribution is 0.0697. The van der Waals surface area contributed by atoms with E-state index in [0.717, 1.165) is 10.9 Å². The molecule has 1 aromatic carbocycles. The van der Waals surface area contributed by atoms with E-state index in [9.17, 15) is 4.79 Å². The van der Waals surface area contributed by atoms with Crippen molar-refractivity contribution < 1.29 is 9.90 Å². The van der Waals surface area contributed by atoms with Crippen LogP contribution < -0.4 is 0 Å². The minimum absolute atomic E-state index is 0.277. The standard InChI is InChI=1S/C13H9N3O2/c17-13(18)10-1-2-11-9(7-10)3-6-16(11)12-8-14-4-5-15-12/h1-8H,(H,17,18). The first-order valence-corrected chi connectivity index (χ1v) is 5.36. The summed E-state index contributed by atoms with van der Waals surface area (Å²) < 4.78 is 1.87. The van der Waals surface area contributed by atoms with Crippen molar-refractivity contribution in [3.63, 3.8) is 0 Å². The summed E-state index contributed by atoms with van der Waals surface area (Å²) in [5.41, 5.74) is 1.18. The Kier molecular flexibility index (Phi) is 2.30. The molecule has 3 rings (SSSR count). The maximum absolute atomic E-state index is 10.9. The molecule has 0 aliphatic carbocycles. The Bertz CT molecular complexity index is 719. The average molecular weight is 239 g/mol. The molecule has 0 amide bonds. The highest BCUT2D eigenvalue weighted by Gasteiger charge is 2.07. The molecule has 0 bridgehead atoms. The van der Waals surface area contributed by atoms with Crippen molar-refractivity contribution >= 4 is 16.9 Å². The monoisotopic (exact) mass is 239 g/mol. The Morgan fingerprint density at radius 2 is 2.11 bits per heavy atom. The van der Waals surface area contributed by atoms with Gasteiger partial charge in [0.15, 0.2) is 5.82 Å². The van der Waals surface area contributed by atoms with Crippen molar-refractivity contribution in [2.45, 2.75) is 0 Å². The maximum atomic E-state index is 10.9. The number of fused-ring (bicyclic) bond motifs is 1. The number of aromatic nitrogens is 3. The Balaban J connectivity index is 2.19. The van der Waals surface area contributed by atoms with Gasteiger partial charge in [0, 0.05) is 24.0 Å². The molecule has 18 heavy (non-hydrogen) atoms. The third-order valence-electron chi connectivity index (χ3n) is 2.73. The summed E-state index contributed by atoms with van der Waals surface area (Å²) in [7, 11) is 0. The molecule has 0 radical (unpaired) electrons. The number of benzene rings is 1. The SMILES string of the molecule is O=C(O)c1ccc2c(ccn2-c2cnccn2)c1. The molecule has 5 nitrogen and oxygen atoms in total. The van der Waals surface area contributed by atoms with Gasteiger partial charge >= 0.3 is 5.97 Å². The van der Waals surface area contributed by atoms with E-state index in [2.05, 4.69) is 9.97 Å². The molecule has 0 saturated carbocycles. The number of aromatic carboxylic acids is 1. The molecule has 0 aliphatic heterocycles. The average Bonchev–Trinajstić information content (AvgIpc) is 2.82. The zero-order valence-corrected chi connectivity index (χ0v) is 9.32. The van der Waals surface area contributed by atoms with Crippen LogP contribution in [0.4, 0.5) is 0 Å². The van der Waals surface area contributed by atoms with Crippen LogP contribution in [-0.2, 0) is 0 Å². The van der Waals surface area contributed by atoms with Crippen LogP contribution in [0.25, 0.3) is 16.7 Å². The number of carbonyl (C=O) groups is 1. The van der Waals surface area contributed by atoms with Crippen LogP contribution in [0.5, 0.6) is 0 Å². The van der Waals surface area contributed by atoms with Gasteiger partial charge in [0.25, 0.3) is 0 Å². The van der Waals surface area contributed by atoms with Crippen molar-refractivity contribution in [3.05, 3.63) is 54.6 Å². The van der Waals surface area contributed by atoms with Gasteiger partial charge in [-0.2, -0.15) is 0 Å². The largest absolute Gasteiger partial charge is 0.478 e. The van der Waals surface area contributed by atoms with Crippen molar-refractivity contribution in [2.75, 3.05) is 0 Å². The summed E-state index contributed by atoms with van der Waals surface area (Å²) in [4.78, 5) is 19.1. The minimum atomic E-state index is -0.927. The Hall–Kier alpha value is -2.69. The number of carboxylic acid groups (broad SMARTS) is 1. The van der Waals surface area contributed by atoms with E-state index < -0.39 is 5.97 Å². The van der Waals surface area contributed by atoms with Crippen LogP contribution in [0.3, 0.4) is 0 Å². The summed E-state index contributed by atoms with van der Waals surface area (Å²) in [6.07, 6.45) is 6.73. The van der Waals surface area contributed by atoms with Crippen molar-refractivity contribution in [1.29, 1.82) is 0 Å². The predicted molar refractivity (Wildman–Crippen MR) is 65.8 cm³/mol. The lowest BCUT2D eigenvalue weighted by atomic mass is 10.1. The second-order valence-corrected chi connectivity index (χ2v) is 3.83. The van der Waals surface area contributed by atoms with Crippen molar-refractivity contribution in [3.8, 4) is 5.82 Å². The molecule has 0 unspecified atom stereocenters. The Morgan fingerprint density at radius 3 is 2.83 bits per heavy atom. The normalized spacial score (nSPS) is 10.7. The Morgan fingerprint density at radius 1 is 1.22 bits per heavy atom. The van der Waals surface area contributed by atoms with Gasteiger partial charge in [0.1, 0.15) is 0 Å². The van der Waals surface area contributed by atoms with Gasteiger partial charge in [-0.15, -0.1) is 0 Å². The number of rotatable bonds is 2. The van der Waals surface area contributed by atoms with Crippen LogP contribution in [-0.4, -0.2) is 25.6 Å². The van der Waals surface area contributed by atoms with E-state index in [1.54, 1.807) is 36.8 Å². The minimum Gasteiger partial charge on any atom is -0.478 e. The second-order valence-electron chi connectivity index (χ2n) is 3.83. The van der Waals surface area contributed by atoms with E-state index in [1.165, 1.54) is 0 Å². The highest BCUT2D eigenvalue weighted by atomic mass is 16.4. The van der Waals surface area contributed by atoms with Gasteiger partial charge in [0.05, 0.1) is 17.3 Å². The van der Waals surface area contributed by atoms with Gasteiger partial charge in [-0.3, -0.25) is 9.55 Å². The molecule has 0 fully saturated rings. The molecule has 0 saturated heterocycles. The summed E-state index contributed by atoms with van der Waals surface area (Å²) in [5, 5.41) is 9.80. The fourth-order valence-corrected chi connectivity index (χ4v) is 1.89. The zero-order valence-electron chi connectivity index (χ0n) is 9.32. The van der Waals surface area contributed by atoms with Crippen LogP contribution in [0, 0.1) is 0 Å². The highest BCUT2D eigenvalue weighted by molar-refractivity contribution is 5.94. The van der Waals surface area contributed by atoms with Gasteiger partial charge < -0.3 is 5.11 Å². The molecule has 2 aromatic heterocycles. The van der Waals surface area contributed by atoms with E-state index in [-0.39, 0.29) is 5.56 Å². The first-order chi connectivity index (χ1) is 8.75. The summed E-state index contributed by atoms with van der Waals surface area (Å²) in [5.74, 6) is -0.222. The summed E-state index contributed by atoms with van der Waals surface area (Å²) >= 11 is 0. The molecule has 1 N–H and O–H groups in total. The van der Waals surface area contributed by atoms with Gasteiger partial charge in [-0.1, -0.05) is 0 Å². The highest BCUT2D eigenvalue weighted by Crippen LogP contribution is 2.20. The maximum Gasteiger partial charge on any atom is 0.335 e. The van der Waals surface area contributed by atoms with E-state index >= 15 is 0 Å². The molecule has 88 valence electrons. The summed E-state index contributed by atoms with van der Waals surface area (Å²) in [6, 6.07) is 6.85. The lowest BCUT2D eigenvalue weighted by Gasteiger charge is -2.03. The second kappa shape index (κ2) is 3.96. The molecule has 0 atom stereocenters. The number of carboxylic acids is 1. The molecule has 5 heteroatoms. The van der Waals surface area contributed by atoms with Crippen LogP contribution >= 0.6 is 0 Å². The van der Waals surface area contributed by atoms with Gasteiger partial charge in [0.2, 0.25) is 0 Å². The Labute approximate surface area is 102 Å². The van der Waals surface area contributed by atoms with E-state index in [0.29, 0.717) is 5.82 Å². The van der Waals surface area contributed by atoms with Gasteiger partial charge in [-0.05, 0) is 24.3 Å². The molecule has 0 aliphatic rings. The molecule has 3 aromatic rings. The quantitative estimate of drug-likeness (QED) is 0.743. The van der Waals surface area contributed by atoms with Crippen LogP contribution in [0.15, 0.2) is 49.1 Å². The smallest absolute Gasteiger partial charge is 0.335 e. The zero-order chi connectivity index (χ0) is 12.5. The van der Waals surface area contributed by atoms with Crippen LogP contribution in [0.1, 0.15) is 10.4 Å². The third-order valence-corrected chi connectivity index (χ3v) is 2.73. The van der Waals surface area contributed by atoms with E-state index in [4.69, 9.17) is 5.11 Å². The number of hydrogen-bond donors (Lipinski definition) is 1. The molecule has 0 spiro atoms. The molecule has 2 heterocycles. The fourth-order valence-electron chi connectivity index (χ4n) is 1.89.